The molecule has 33 heavy (non-hydrogen) atoms. The molecule has 0 aliphatic carbocycles. The fraction of sp³-hybridized carbons (Fsp3) is 0.250. The van der Waals surface area contributed by atoms with Crippen molar-refractivity contribution in [3.05, 3.63) is 71.5 Å². The quantitative estimate of drug-likeness (QED) is 0.405. The monoisotopic (exact) mass is 464 g/mol. The van der Waals surface area contributed by atoms with Gasteiger partial charge in [0.1, 0.15) is 18.2 Å². The Morgan fingerprint density at radius 1 is 1.12 bits per heavy atom. The Labute approximate surface area is 195 Å². The molecule has 7 nitrogen and oxygen atoms in total. The predicted molar refractivity (Wildman–Crippen MR) is 125 cm³/mol. The van der Waals surface area contributed by atoms with Crippen LogP contribution < -0.4 is 10.1 Å². The summed E-state index contributed by atoms with van der Waals surface area (Å²) in [6, 6.07) is 11.8. The van der Waals surface area contributed by atoms with Gasteiger partial charge in [-0.3, -0.25) is 0 Å². The van der Waals surface area contributed by atoms with E-state index in [1.165, 1.54) is 12.1 Å². The summed E-state index contributed by atoms with van der Waals surface area (Å²) in [5.74, 6) is 1.73. The second-order valence-electron chi connectivity index (χ2n) is 7.72. The van der Waals surface area contributed by atoms with Gasteiger partial charge in [0.25, 0.3) is 0 Å². The van der Waals surface area contributed by atoms with Crippen molar-refractivity contribution in [2.24, 2.45) is 0 Å². The maximum absolute atomic E-state index is 13.6. The first-order valence-electron chi connectivity index (χ1n) is 10.8. The minimum atomic E-state index is -0.287. The zero-order valence-electron chi connectivity index (χ0n) is 18.0. The zero-order valence-corrected chi connectivity index (χ0v) is 18.8. The first kappa shape index (κ1) is 21.3. The van der Waals surface area contributed by atoms with Crippen LogP contribution in [0.25, 0.3) is 22.6 Å². The van der Waals surface area contributed by atoms with Crippen LogP contribution in [0.15, 0.2) is 54.9 Å². The van der Waals surface area contributed by atoms with Gasteiger partial charge in [0, 0.05) is 37.0 Å². The number of pyridine rings is 1. The Balaban J connectivity index is 1.55. The van der Waals surface area contributed by atoms with Crippen LogP contribution in [0.4, 0.5) is 10.3 Å². The minimum absolute atomic E-state index is 0.0479. The number of nitrogens with one attached hydrogen (secondary N) is 1. The van der Waals surface area contributed by atoms with E-state index in [0.29, 0.717) is 30.0 Å². The molecule has 9 heteroatoms. The molecule has 0 saturated heterocycles. The molecule has 0 saturated carbocycles. The Bertz CT molecular complexity index is 1260. The highest BCUT2D eigenvalue weighted by Crippen LogP contribution is 2.39. The van der Waals surface area contributed by atoms with E-state index in [0.717, 1.165) is 41.3 Å². The smallest absolute Gasteiger partial charge is 0.223 e. The number of imidazole rings is 1. The highest BCUT2D eigenvalue weighted by molar-refractivity contribution is 6.30. The lowest BCUT2D eigenvalue weighted by Gasteiger charge is -2.18. The van der Waals surface area contributed by atoms with Crippen LogP contribution in [0.3, 0.4) is 0 Å². The van der Waals surface area contributed by atoms with Crippen molar-refractivity contribution < 1.29 is 9.13 Å². The number of nitrogens with zero attached hydrogens (tertiary/aromatic N) is 5. The topological polar surface area (TPSA) is 77.8 Å². The summed E-state index contributed by atoms with van der Waals surface area (Å²) in [6.07, 6.45) is 4.99. The lowest BCUT2D eigenvalue weighted by atomic mass is 10.1. The average Bonchev–Trinajstić information content (AvgIpc) is 3.39. The third kappa shape index (κ3) is 4.39. The molecule has 0 fully saturated rings. The van der Waals surface area contributed by atoms with Crippen molar-refractivity contribution in [1.82, 2.24) is 24.5 Å². The number of fused-ring (bicyclic) bond motifs is 1. The summed E-state index contributed by atoms with van der Waals surface area (Å²) in [5, 5.41) is 3.72. The van der Waals surface area contributed by atoms with E-state index in [-0.39, 0.29) is 11.9 Å². The lowest BCUT2D eigenvalue weighted by Crippen LogP contribution is -2.15. The molecule has 0 bridgehead atoms. The highest BCUT2D eigenvalue weighted by atomic mass is 35.5. The molecule has 0 unspecified atom stereocenters. The van der Waals surface area contributed by atoms with Gasteiger partial charge in [-0.25, -0.2) is 24.3 Å². The van der Waals surface area contributed by atoms with Gasteiger partial charge < -0.3 is 14.6 Å². The van der Waals surface area contributed by atoms with Gasteiger partial charge in [-0.15, -0.1) is 0 Å². The maximum Gasteiger partial charge on any atom is 0.223 e. The van der Waals surface area contributed by atoms with Gasteiger partial charge >= 0.3 is 0 Å². The summed E-state index contributed by atoms with van der Waals surface area (Å²) >= 11 is 5.93. The molecular formula is C24H22ClFN6O. The molecule has 0 amide bonds. The highest BCUT2D eigenvalue weighted by Gasteiger charge is 2.31. The van der Waals surface area contributed by atoms with Crippen LogP contribution in [0.2, 0.25) is 5.02 Å². The van der Waals surface area contributed by atoms with Crippen LogP contribution in [-0.4, -0.2) is 37.7 Å². The number of rotatable bonds is 7. The Hall–Kier alpha value is -3.52. The van der Waals surface area contributed by atoms with E-state index in [9.17, 15) is 4.39 Å². The van der Waals surface area contributed by atoms with Gasteiger partial charge in [0.05, 0.1) is 28.1 Å². The van der Waals surface area contributed by atoms with E-state index in [1.54, 1.807) is 36.7 Å². The van der Waals surface area contributed by atoms with Crippen LogP contribution in [0.1, 0.15) is 25.2 Å². The molecule has 5 rings (SSSR count). The van der Waals surface area contributed by atoms with E-state index in [4.69, 9.17) is 26.3 Å². The summed E-state index contributed by atoms with van der Waals surface area (Å²) in [5.41, 5.74) is 3.21. The molecule has 1 aliphatic rings. The molecule has 3 aromatic heterocycles. The maximum atomic E-state index is 13.6. The molecule has 168 valence electrons. The molecule has 1 N–H and O–H groups in total. The lowest BCUT2D eigenvalue weighted by molar-refractivity contribution is 0.247. The van der Waals surface area contributed by atoms with Crippen molar-refractivity contribution in [3.8, 4) is 28.5 Å². The molecule has 4 heterocycles. The Kier molecular flexibility index (Phi) is 5.92. The first-order valence-corrected chi connectivity index (χ1v) is 11.2. The Morgan fingerprint density at radius 2 is 1.97 bits per heavy atom. The first-order chi connectivity index (χ1) is 16.1. The third-order valence-electron chi connectivity index (χ3n) is 5.53. The number of benzene rings is 1. The fourth-order valence-corrected chi connectivity index (χ4v) is 4.16. The zero-order chi connectivity index (χ0) is 22.8. The van der Waals surface area contributed by atoms with Crippen LogP contribution in [0.5, 0.6) is 5.88 Å². The SMILES string of the molecule is CCNc1nccc(-c2c(-c3ccc(F)cc3)nc3n2[C@H](COc2ccc(Cl)cn2)CC3)n1. The molecule has 0 radical (unpaired) electrons. The third-order valence-corrected chi connectivity index (χ3v) is 5.75. The Morgan fingerprint density at radius 3 is 2.73 bits per heavy atom. The standard InChI is InChI=1S/C24H22ClFN6O/c1-2-27-24-28-12-11-19(30-24)23-22(15-3-6-17(26)7-4-15)31-20-9-8-18(32(20)23)14-33-21-10-5-16(25)13-29-21/h3-7,10-13,18H,2,8-9,14H2,1H3,(H,27,28,30)/t18-/m0/s1. The number of halogens is 2. The summed E-state index contributed by atoms with van der Waals surface area (Å²) in [6.45, 7) is 3.14. The molecule has 4 aromatic rings. The number of anilines is 1. The van der Waals surface area contributed by atoms with Crippen LogP contribution in [0, 0.1) is 5.82 Å². The summed E-state index contributed by atoms with van der Waals surface area (Å²) < 4.78 is 21.7. The number of hydrogen-bond acceptors (Lipinski definition) is 6. The van der Waals surface area contributed by atoms with Gasteiger partial charge in [-0.2, -0.15) is 0 Å². The van der Waals surface area contributed by atoms with Crippen molar-refractivity contribution in [2.75, 3.05) is 18.5 Å². The van der Waals surface area contributed by atoms with Crippen LogP contribution in [-0.2, 0) is 6.42 Å². The molecule has 1 aliphatic heterocycles. The average molecular weight is 465 g/mol. The van der Waals surface area contributed by atoms with E-state index >= 15 is 0 Å². The second-order valence-corrected chi connectivity index (χ2v) is 8.15. The minimum Gasteiger partial charge on any atom is -0.475 e. The molecular weight excluding hydrogens is 443 g/mol. The number of aromatic nitrogens is 5. The predicted octanol–water partition coefficient (Wildman–Crippen LogP) is 5.19. The van der Waals surface area contributed by atoms with Gasteiger partial charge in [-0.05, 0) is 49.7 Å². The van der Waals surface area contributed by atoms with Crippen molar-refractivity contribution >= 4 is 17.5 Å². The van der Waals surface area contributed by atoms with E-state index in [1.807, 2.05) is 13.0 Å². The summed E-state index contributed by atoms with van der Waals surface area (Å²) in [4.78, 5) is 18.2. The van der Waals surface area contributed by atoms with Gasteiger partial charge in [0.2, 0.25) is 11.8 Å². The van der Waals surface area contributed by atoms with E-state index < -0.39 is 0 Å². The molecule has 1 atom stereocenters. The fourth-order valence-electron chi connectivity index (χ4n) is 4.05. The van der Waals surface area contributed by atoms with Crippen LogP contribution >= 0.6 is 11.6 Å². The van der Waals surface area contributed by atoms with Crippen molar-refractivity contribution in [1.29, 1.82) is 0 Å². The summed E-state index contributed by atoms with van der Waals surface area (Å²) in [7, 11) is 0. The largest absolute Gasteiger partial charge is 0.475 e. The van der Waals surface area contributed by atoms with E-state index in [2.05, 4.69) is 19.9 Å². The number of aryl methyl sites for hydroxylation is 1. The number of ether oxygens (including phenoxy) is 1. The second kappa shape index (κ2) is 9.15. The normalized spacial score (nSPS) is 14.8. The molecule has 1 aromatic carbocycles. The molecule has 0 spiro atoms. The van der Waals surface area contributed by atoms with Gasteiger partial charge in [-0.1, -0.05) is 11.6 Å². The van der Waals surface area contributed by atoms with Gasteiger partial charge in [0.15, 0.2) is 0 Å². The number of hydrogen-bond donors (Lipinski definition) is 1. The van der Waals surface area contributed by atoms with Crippen molar-refractivity contribution in [3.63, 3.8) is 0 Å². The van der Waals surface area contributed by atoms with Crippen molar-refractivity contribution in [2.45, 2.75) is 25.8 Å².